The molecule has 3 aromatic rings. The molecular weight excluding hydrogens is 447 g/mol. The number of alkyl halides is 3. The zero-order valence-corrected chi connectivity index (χ0v) is 20.7. The molecule has 0 unspecified atom stereocenters. The maximum Gasteiger partial charge on any atom is 0.419 e. The van der Waals surface area contributed by atoms with Gasteiger partial charge in [0.05, 0.1) is 5.56 Å². The Balaban J connectivity index is 1.86. The van der Waals surface area contributed by atoms with Crippen LogP contribution in [0.5, 0.6) is 10.9 Å². The fraction of sp³-hybridized carbons (Fsp3) is 0.440. The molecule has 1 heterocycles. The third-order valence-corrected chi connectivity index (χ3v) is 6.26. The van der Waals surface area contributed by atoms with E-state index in [2.05, 4.69) is 35.0 Å². The van der Waals surface area contributed by atoms with E-state index in [4.69, 9.17) is 4.74 Å². The molecule has 2 aromatic carbocycles. The Bertz CT molecular complexity index is 1090. The zero-order chi connectivity index (χ0) is 24.4. The van der Waals surface area contributed by atoms with E-state index in [1.165, 1.54) is 17.7 Å². The summed E-state index contributed by atoms with van der Waals surface area (Å²) in [4.78, 5) is 6.39. The number of rotatable bonds is 7. The van der Waals surface area contributed by atoms with Gasteiger partial charge in [-0.3, -0.25) is 0 Å². The Morgan fingerprint density at radius 3 is 2.30 bits per heavy atom. The highest BCUT2D eigenvalue weighted by atomic mass is 32.1. The van der Waals surface area contributed by atoms with Gasteiger partial charge in [0.2, 0.25) is 0 Å². The minimum atomic E-state index is -4.54. The Morgan fingerprint density at radius 2 is 1.73 bits per heavy atom. The molecule has 0 atom stereocenters. The van der Waals surface area contributed by atoms with Gasteiger partial charge < -0.3 is 9.64 Å². The highest BCUT2D eigenvalue weighted by molar-refractivity contribution is 7.07. The van der Waals surface area contributed by atoms with Crippen molar-refractivity contribution >= 4 is 11.5 Å². The second-order valence-corrected chi connectivity index (χ2v) is 9.95. The fourth-order valence-electron chi connectivity index (χ4n) is 3.35. The van der Waals surface area contributed by atoms with Crippen LogP contribution in [0.15, 0.2) is 36.4 Å². The van der Waals surface area contributed by atoms with Crippen LogP contribution in [0.2, 0.25) is 0 Å². The molecule has 0 N–H and O–H groups in total. The summed E-state index contributed by atoms with van der Waals surface area (Å²) in [5, 5.41) is 0.0771. The van der Waals surface area contributed by atoms with Crippen LogP contribution in [-0.4, -0.2) is 34.4 Å². The van der Waals surface area contributed by atoms with Crippen molar-refractivity contribution in [1.82, 2.24) is 14.3 Å². The largest absolute Gasteiger partial charge is 0.429 e. The van der Waals surface area contributed by atoms with Crippen LogP contribution in [-0.2, 0) is 18.0 Å². The fourth-order valence-corrected chi connectivity index (χ4v) is 3.92. The van der Waals surface area contributed by atoms with Gasteiger partial charge in [0, 0.05) is 23.6 Å². The van der Waals surface area contributed by atoms with Gasteiger partial charge in [-0.2, -0.15) is 22.5 Å². The average molecular weight is 478 g/mol. The minimum absolute atomic E-state index is 0.0201. The first-order valence-corrected chi connectivity index (χ1v) is 11.7. The number of halogens is 3. The van der Waals surface area contributed by atoms with Gasteiger partial charge in [-0.25, -0.2) is 0 Å². The summed E-state index contributed by atoms with van der Waals surface area (Å²) in [5.41, 5.74) is 2.60. The molecule has 0 aliphatic heterocycles. The van der Waals surface area contributed by atoms with Crippen LogP contribution in [0, 0.1) is 6.92 Å². The molecule has 1 aromatic heterocycles. The maximum absolute atomic E-state index is 13.8. The van der Waals surface area contributed by atoms with Crippen LogP contribution in [0.4, 0.5) is 13.2 Å². The normalized spacial score (nSPS) is 12.4. The third kappa shape index (κ3) is 6.32. The van der Waals surface area contributed by atoms with E-state index in [9.17, 15) is 13.2 Å². The first kappa shape index (κ1) is 25.2. The van der Waals surface area contributed by atoms with Crippen LogP contribution < -0.4 is 4.74 Å². The smallest absolute Gasteiger partial charge is 0.419 e. The maximum atomic E-state index is 13.8. The number of hydrogen-bond acceptors (Lipinski definition) is 5. The second-order valence-electron chi connectivity index (χ2n) is 9.23. The van der Waals surface area contributed by atoms with Gasteiger partial charge in [0.1, 0.15) is 5.75 Å². The Morgan fingerprint density at radius 1 is 1.06 bits per heavy atom. The van der Waals surface area contributed by atoms with Gasteiger partial charge in [0.25, 0.3) is 5.19 Å². The van der Waals surface area contributed by atoms with Crippen molar-refractivity contribution in [3.63, 3.8) is 0 Å². The molecule has 0 aliphatic rings. The lowest BCUT2D eigenvalue weighted by molar-refractivity contribution is -0.138. The first-order chi connectivity index (χ1) is 15.4. The van der Waals surface area contributed by atoms with E-state index in [-0.39, 0.29) is 16.4 Å². The predicted octanol–water partition coefficient (Wildman–Crippen LogP) is 7.12. The summed E-state index contributed by atoms with van der Waals surface area (Å²) in [6.45, 7) is 11.7. The predicted molar refractivity (Wildman–Crippen MR) is 127 cm³/mol. The van der Waals surface area contributed by atoms with Gasteiger partial charge in [0.15, 0.2) is 5.82 Å². The number of aryl methyl sites for hydroxylation is 1. The molecule has 8 heteroatoms. The number of hydrogen-bond donors (Lipinski definition) is 0. The van der Waals surface area contributed by atoms with Crippen molar-refractivity contribution < 1.29 is 17.9 Å². The molecule has 0 radical (unpaired) electrons. The number of likely N-dealkylation sites (N-methyl/N-ethyl adjacent to an activating group) is 1. The van der Waals surface area contributed by atoms with Crippen molar-refractivity contribution in [2.24, 2.45) is 0 Å². The molecule has 0 bridgehead atoms. The third-order valence-electron chi connectivity index (χ3n) is 5.66. The average Bonchev–Trinajstić information content (AvgIpc) is 3.20. The van der Waals surface area contributed by atoms with Crippen LogP contribution in [0.3, 0.4) is 0 Å². The van der Waals surface area contributed by atoms with E-state index in [1.807, 2.05) is 38.2 Å². The number of benzene rings is 2. The van der Waals surface area contributed by atoms with E-state index >= 15 is 0 Å². The standard InChI is InChI=1S/C25H30F3N3OS/c1-7-31(6)13-12-18-15-20(25(26,27)28)21(14-16(18)2)32-23-29-22(30-33-23)17-8-10-19(11-9-17)24(3,4)5/h8-11,14-15H,7,12-13H2,1-6H3. The van der Waals surface area contributed by atoms with E-state index in [0.717, 1.165) is 29.2 Å². The number of ether oxygens (including phenoxy) is 1. The number of nitrogens with zero attached hydrogens (tertiary/aromatic N) is 3. The van der Waals surface area contributed by atoms with Crippen molar-refractivity contribution in [2.45, 2.75) is 52.6 Å². The lowest BCUT2D eigenvalue weighted by atomic mass is 9.87. The first-order valence-electron chi connectivity index (χ1n) is 10.9. The lowest BCUT2D eigenvalue weighted by Crippen LogP contribution is -2.21. The van der Waals surface area contributed by atoms with Gasteiger partial charge in [-0.15, -0.1) is 0 Å². The van der Waals surface area contributed by atoms with Crippen LogP contribution >= 0.6 is 11.5 Å². The molecule has 0 fully saturated rings. The van der Waals surface area contributed by atoms with Crippen molar-refractivity contribution in [3.8, 4) is 22.3 Å². The molecule has 4 nitrogen and oxygen atoms in total. The molecular formula is C25H30F3N3OS. The molecule has 3 rings (SSSR count). The molecule has 0 saturated carbocycles. The van der Waals surface area contributed by atoms with Crippen molar-refractivity contribution in [1.29, 1.82) is 0 Å². The molecule has 0 amide bonds. The summed E-state index contributed by atoms with van der Waals surface area (Å²) in [6, 6.07) is 10.5. The summed E-state index contributed by atoms with van der Waals surface area (Å²) >= 11 is 0.938. The van der Waals surface area contributed by atoms with Crippen LogP contribution in [0.1, 0.15) is 49.9 Å². The summed E-state index contributed by atoms with van der Waals surface area (Å²) < 4.78 is 51.3. The zero-order valence-electron chi connectivity index (χ0n) is 19.9. The van der Waals surface area contributed by atoms with E-state index in [1.54, 1.807) is 6.92 Å². The minimum Gasteiger partial charge on any atom is -0.429 e. The molecule has 178 valence electrons. The van der Waals surface area contributed by atoms with E-state index < -0.39 is 11.7 Å². The van der Waals surface area contributed by atoms with Crippen molar-refractivity contribution in [2.75, 3.05) is 20.1 Å². The highest BCUT2D eigenvalue weighted by Crippen LogP contribution is 2.40. The Hall–Kier alpha value is -2.45. The highest BCUT2D eigenvalue weighted by Gasteiger charge is 2.35. The Labute approximate surface area is 197 Å². The van der Waals surface area contributed by atoms with Gasteiger partial charge in [-0.1, -0.05) is 52.0 Å². The van der Waals surface area contributed by atoms with E-state index in [0.29, 0.717) is 24.4 Å². The molecule has 33 heavy (non-hydrogen) atoms. The SMILES string of the molecule is CCN(C)CCc1cc(C(F)(F)F)c(Oc2nc(-c3ccc(C(C)(C)C)cc3)ns2)cc1C. The second kappa shape index (κ2) is 9.81. The lowest BCUT2D eigenvalue weighted by Gasteiger charge is -2.18. The Kier molecular flexibility index (Phi) is 7.49. The monoisotopic (exact) mass is 477 g/mol. The quantitative estimate of drug-likeness (QED) is 0.363. The van der Waals surface area contributed by atoms with Crippen molar-refractivity contribution in [3.05, 3.63) is 58.7 Å². The molecule has 0 spiro atoms. The van der Waals surface area contributed by atoms with Gasteiger partial charge in [-0.05, 0) is 61.2 Å². The summed E-state index contributed by atoms with van der Waals surface area (Å²) in [7, 11) is 1.95. The molecule has 0 saturated heterocycles. The molecule has 0 aliphatic carbocycles. The van der Waals surface area contributed by atoms with Crippen LogP contribution in [0.25, 0.3) is 11.4 Å². The summed E-state index contributed by atoms with van der Waals surface area (Å²) in [6.07, 6.45) is -4.00. The summed E-state index contributed by atoms with van der Waals surface area (Å²) in [5.74, 6) is 0.179. The number of aromatic nitrogens is 2. The van der Waals surface area contributed by atoms with Gasteiger partial charge >= 0.3 is 6.18 Å². The topological polar surface area (TPSA) is 38.2 Å².